The number of aryl methyl sites for hydroxylation is 2. The molecule has 6 nitrogen and oxygen atoms in total. The minimum absolute atomic E-state index is 0.199. The van der Waals surface area contributed by atoms with E-state index in [9.17, 15) is 9.18 Å². The molecule has 0 fully saturated rings. The van der Waals surface area contributed by atoms with E-state index in [2.05, 4.69) is 15.6 Å². The summed E-state index contributed by atoms with van der Waals surface area (Å²) in [7, 11) is 0. The van der Waals surface area contributed by atoms with Gasteiger partial charge in [-0.25, -0.2) is 4.39 Å². The van der Waals surface area contributed by atoms with Gasteiger partial charge >= 0.3 is 0 Å². The number of carbonyl (C=O) groups excluding carboxylic acids is 1. The molecule has 0 radical (unpaired) electrons. The van der Waals surface area contributed by atoms with Crippen LogP contribution in [0.4, 0.5) is 15.8 Å². The van der Waals surface area contributed by atoms with Crippen molar-refractivity contribution in [1.29, 1.82) is 0 Å². The highest BCUT2D eigenvalue weighted by Crippen LogP contribution is 2.30. The highest BCUT2D eigenvalue weighted by molar-refractivity contribution is 7.13. The first-order valence-electron chi connectivity index (χ1n) is 8.98. The standard InChI is InChI=1S/C21H18FN5OS/c22-16-6-3-14(4-7-16)9-10-27-13-19(25-26-27)21(28)24-18-12-15(5-8-17(18)23)20-2-1-11-29-20/h1-8,11-13H,9-10,23H2,(H,24,28). The minimum Gasteiger partial charge on any atom is -0.397 e. The summed E-state index contributed by atoms with van der Waals surface area (Å²) < 4.78 is 14.6. The lowest BCUT2D eigenvalue weighted by Crippen LogP contribution is -2.13. The third-order valence-electron chi connectivity index (χ3n) is 4.42. The summed E-state index contributed by atoms with van der Waals surface area (Å²) >= 11 is 1.61. The predicted molar refractivity (Wildman–Crippen MR) is 112 cm³/mol. The summed E-state index contributed by atoms with van der Waals surface area (Å²) in [6.45, 7) is 0.530. The molecule has 146 valence electrons. The molecule has 0 unspecified atom stereocenters. The minimum atomic E-state index is -0.381. The van der Waals surface area contributed by atoms with Crippen LogP contribution in [0.2, 0.25) is 0 Å². The molecule has 0 spiro atoms. The largest absolute Gasteiger partial charge is 0.397 e. The van der Waals surface area contributed by atoms with Crippen molar-refractivity contribution in [2.45, 2.75) is 13.0 Å². The first-order valence-corrected chi connectivity index (χ1v) is 9.86. The Bertz CT molecular complexity index is 1120. The number of thiophene rings is 1. The van der Waals surface area contributed by atoms with Gasteiger partial charge in [-0.1, -0.05) is 29.5 Å². The quantitative estimate of drug-likeness (QED) is 0.469. The normalized spacial score (nSPS) is 10.8. The summed E-state index contributed by atoms with van der Waals surface area (Å²) in [4.78, 5) is 13.7. The zero-order valence-electron chi connectivity index (χ0n) is 15.4. The Morgan fingerprint density at radius 2 is 2.00 bits per heavy atom. The van der Waals surface area contributed by atoms with Crippen LogP contribution in [0.25, 0.3) is 10.4 Å². The lowest BCUT2D eigenvalue weighted by Gasteiger charge is -2.08. The summed E-state index contributed by atoms with van der Waals surface area (Å²) in [5.41, 5.74) is 9.18. The molecule has 2 aromatic heterocycles. The molecule has 2 heterocycles. The lowest BCUT2D eigenvalue weighted by molar-refractivity contribution is 0.102. The highest BCUT2D eigenvalue weighted by Gasteiger charge is 2.13. The molecular formula is C21H18FN5OS. The zero-order chi connectivity index (χ0) is 20.2. The van der Waals surface area contributed by atoms with Gasteiger partial charge in [0, 0.05) is 11.4 Å². The van der Waals surface area contributed by atoms with Gasteiger partial charge in [-0.2, -0.15) is 0 Å². The van der Waals surface area contributed by atoms with Crippen LogP contribution in [0.1, 0.15) is 16.1 Å². The number of nitrogens with one attached hydrogen (secondary N) is 1. The number of benzene rings is 2. The molecule has 0 aliphatic rings. The van der Waals surface area contributed by atoms with Gasteiger partial charge in [0.05, 0.1) is 17.6 Å². The summed E-state index contributed by atoms with van der Waals surface area (Å²) in [5.74, 6) is -0.649. The fraction of sp³-hybridized carbons (Fsp3) is 0.0952. The summed E-state index contributed by atoms with van der Waals surface area (Å²) in [6.07, 6.45) is 2.23. The number of hydrogen-bond donors (Lipinski definition) is 2. The molecule has 0 bridgehead atoms. The molecule has 4 aromatic rings. The smallest absolute Gasteiger partial charge is 0.277 e. The molecule has 29 heavy (non-hydrogen) atoms. The molecule has 1 amide bonds. The molecule has 0 saturated carbocycles. The Labute approximate surface area is 170 Å². The molecule has 3 N–H and O–H groups in total. The summed E-state index contributed by atoms with van der Waals surface area (Å²) in [6, 6.07) is 15.8. The van der Waals surface area contributed by atoms with Crippen LogP contribution in [0.5, 0.6) is 0 Å². The second kappa shape index (κ2) is 8.24. The van der Waals surface area contributed by atoms with Crippen LogP contribution in [0.15, 0.2) is 66.2 Å². The monoisotopic (exact) mass is 407 g/mol. The van der Waals surface area contributed by atoms with Crippen LogP contribution in [0, 0.1) is 5.82 Å². The van der Waals surface area contributed by atoms with Crippen LogP contribution in [0.3, 0.4) is 0 Å². The average Bonchev–Trinajstić information content (AvgIpc) is 3.41. The maximum absolute atomic E-state index is 13.0. The Hall–Kier alpha value is -3.52. The molecule has 8 heteroatoms. The first kappa shape index (κ1) is 18.8. The van der Waals surface area contributed by atoms with E-state index in [1.807, 2.05) is 29.6 Å². The van der Waals surface area contributed by atoms with E-state index in [0.29, 0.717) is 24.3 Å². The Balaban J connectivity index is 1.43. The predicted octanol–water partition coefficient (Wildman–Crippen LogP) is 4.22. The maximum Gasteiger partial charge on any atom is 0.277 e. The van der Waals surface area contributed by atoms with Crippen molar-refractivity contribution in [3.8, 4) is 10.4 Å². The SMILES string of the molecule is Nc1ccc(-c2cccs2)cc1NC(=O)c1cn(CCc2ccc(F)cc2)nn1. The average molecular weight is 407 g/mol. The van der Waals surface area contributed by atoms with Gasteiger partial charge in [0.1, 0.15) is 5.82 Å². The Morgan fingerprint density at radius 1 is 1.17 bits per heavy atom. The molecule has 4 rings (SSSR count). The third-order valence-corrected chi connectivity index (χ3v) is 5.34. The van der Waals surface area contributed by atoms with Crippen molar-refractivity contribution in [1.82, 2.24) is 15.0 Å². The Kier molecular flexibility index (Phi) is 5.35. The van der Waals surface area contributed by atoms with Gasteiger partial charge in [0.15, 0.2) is 5.69 Å². The van der Waals surface area contributed by atoms with Crippen molar-refractivity contribution in [2.24, 2.45) is 0 Å². The van der Waals surface area contributed by atoms with Crippen LogP contribution >= 0.6 is 11.3 Å². The van der Waals surface area contributed by atoms with Gasteiger partial charge in [-0.05, 0) is 53.3 Å². The van der Waals surface area contributed by atoms with E-state index in [0.717, 1.165) is 16.0 Å². The number of anilines is 2. The number of amides is 1. The van der Waals surface area contributed by atoms with Gasteiger partial charge in [-0.3, -0.25) is 9.48 Å². The van der Waals surface area contributed by atoms with Gasteiger partial charge < -0.3 is 11.1 Å². The second-order valence-electron chi connectivity index (χ2n) is 6.48. The van der Waals surface area contributed by atoms with E-state index < -0.39 is 0 Å². The molecule has 0 atom stereocenters. The van der Waals surface area contributed by atoms with E-state index >= 15 is 0 Å². The second-order valence-corrected chi connectivity index (χ2v) is 7.42. The number of nitrogen functional groups attached to an aromatic ring is 1. The topological polar surface area (TPSA) is 85.8 Å². The number of nitrogens with zero attached hydrogens (tertiary/aromatic N) is 3. The third kappa shape index (κ3) is 4.49. The van der Waals surface area contributed by atoms with Crippen molar-refractivity contribution in [2.75, 3.05) is 11.1 Å². The van der Waals surface area contributed by atoms with E-state index in [1.165, 1.54) is 12.1 Å². The van der Waals surface area contributed by atoms with Crippen molar-refractivity contribution in [3.05, 3.63) is 83.2 Å². The van der Waals surface area contributed by atoms with Gasteiger partial charge in [-0.15, -0.1) is 16.4 Å². The van der Waals surface area contributed by atoms with E-state index in [-0.39, 0.29) is 17.4 Å². The van der Waals surface area contributed by atoms with Crippen molar-refractivity contribution >= 4 is 28.6 Å². The molecule has 0 aliphatic carbocycles. The fourth-order valence-electron chi connectivity index (χ4n) is 2.85. The molecule has 0 saturated heterocycles. The summed E-state index contributed by atoms with van der Waals surface area (Å²) in [5, 5.41) is 12.7. The number of halogens is 1. The van der Waals surface area contributed by atoms with Crippen LogP contribution in [-0.2, 0) is 13.0 Å². The highest BCUT2D eigenvalue weighted by atomic mass is 32.1. The first-order chi connectivity index (χ1) is 14.1. The Morgan fingerprint density at radius 3 is 2.76 bits per heavy atom. The number of hydrogen-bond acceptors (Lipinski definition) is 5. The van der Waals surface area contributed by atoms with Crippen LogP contribution < -0.4 is 11.1 Å². The molecular weight excluding hydrogens is 389 g/mol. The van der Waals surface area contributed by atoms with E-state index in [4.69, 9.17) is 5.73 Å². The number of carbonyl (C=O) groups is 1. The molecule has 0 aliphatic heterocycles. The van der Waals surface area contributed by atoms with Gasteiger partial charge in [0.2, 0.25) is 0 Å². The van der Waals surface area contributed by atoms with Crippen molar-refractivity contribution in [3.63, 3.8) is 0 Å². The van der Waals surface area contributed by atoms with Crippen molar-refractivity contribution < 1.29 is 9.18 Å². The number of aromatic nitrogens is 3. The van der Waals surface area contributed by atoms with Crippen LogP contribution in [-0.4, -0.2) is 20.9 Å². The van der Waals surface area contributed by atoms with E-state index in [1.54, 1.807) is 40.4 Å². The number of rotatable bonds is 6. The van der Waals surface area contributed by atoms with Gasteiger partial charge in [0.25, 0.3) is 5.91 Å². The number of nitrogens with two attached hydrogens (primary N) is 1. The fourth-order valence-corrected chi connectivity index (χ4v) is 3.58. The zero-order valence-corrected chi connectivity index (χ0v) is 16.2. The maximum atomic E-state index is 13.0. The lowest BCUT2D eigenvalue weighted by atomic mass is 10.1. The molecule has 2 aromatic carbocycles.